The molecule has 140 valence electrons. The number of hydrogen-bond acceptors (Lipinski definition) is 4. The quantitative estimate of drug-likeness (QED) is 0.728. The van der Waals surface area contributed by atoms with Crippen LogP contribution in [-0.2, 0) is 14.8 Å². The van der Waals surface area contributed by atoms with Crippen molar-refractivity contribution in [3.05, 3.63) is 58.6 Å². The number of para-hydroxylation sites is 1. The van der Waals surface area contributed by atoms with E-state index >= 15 is 0 Å². The van der Waals surface area contributed by atoms with Crippen LogP contribution in [0.3, 0.4) is 0 Å². The number of sulfonamides is 1. The number of hydrogen-bond donors (Lipinski definition) is 2. The van der Waals surface area contributed by atoms with Crippen LogP contribution in [0.4, 0.5) is 5.69 Å². The molecule has 1 aliphatic rings. The molecule has 2 aromatic rings. The summed E-state index contributed by atoms with van der Waals surface area (Å²) in [6.07, 6.45) is 1.03. The van der Waals surface area contributed by atoms with E-state index < -0.39 is 10.0 Å². The van der Waals surface area contributed by atoms with Gasteiger partial charge in [0.15, 0.2) is 0 Å². The number of ether oxygens (including phenoxy) is 1. The van der Waals surface area contributed by atoms with E-state index in [-0.39, 0.29) is 17.0 Å². The minimum absolute atomic E-state index is 0.200. The molecule has 0 amide bonds. The van der Waals surface area contributed by atoms with Gasteiger partial charge in [-0.3, -0.25) is 4.72 Å². The summed E-state index contributed by atoms with van der Waals surface area (Å²) in [5.41, 5.74) is 2.16. The van der Waals surface area contributed by atoms with Crippen molar-refractivity contribution in [2.75, 3.05) is 17.9 Å². The lowest BCUT2D eigenvalue weighted by Gasteiger charge is -2.21. The average Bonchev–Trinajstić information content (AvgIpc) is 2.67. The van der Waals surface area contributed by atoms with Gasteiger partial charge in [-0.25, -0.2) is 8.42 Å². The van der Waals surface area contributed by atoms with Crippen LogP contribution in [0.5, 0.6) is 0 Å². The van der Waals surface area contributed by atoms with E-state index in [1.807, 2.05) is 32.0 Å². The molecule has 26 heavy (non-hydrogen) atoms. The molecule has 7 heteroatoms. The number of halogens is 1. The Labute approximate surface area is 159 Å². The van der Waals surface area contributed by atoms with Crippen molar-refractivity contribution in [3.63, 3.8) is 0 Å². The molecule has 0 spiro atoms. The zero-order valence-electron chi connectivity index (χ0n) is 14.8. The van der Waals surface area contributed by atoms with Crippen LogP contribution in [0.1, 0.15) is 37.4 Å². The molecule has 3 rings (SSSR count). The van der Waals surface area contributed by atoms with Crippen LogP contribution in [-0.4, -0.2) is 27.7 Å². The topological polar surface area (TPSA) is 67.4 Å². The highest BCUT2D eigenvalue weighted by Gasteiger charge is 2.30. The first kappa shape index (κ1) is 19.2. The lowest BCUT2D eigenvalue weighted by molar-refractivity contribution is 0.0768. The number of benzene rings is 2. The van der Waals surface area contributed by atoms with Gasteiger partial charge in [0.1, 0.15) is 0 Å². The van der Waals surface area contributed by atoms with Crippen molar-refractivity contribution in [1.82, 2.24) is 5.32 Å². The Hall–Kier alpha value is -1.60. The van der Waals surface area contributed by atoms with Crippen LogP contribution < -0.4 is 10.0 Å². The van der Waals surface area contributed by atoms with E-state index in [0.717, 1.165) is 12.0 Å². The van der Waals surface area contributed by atoms with Crippen LogP contribution in [0.25, 0.3) is 0 Å². The minimum atomic E-state index is -3.69. The second-order valence-electron chi connectivity index (χ2n) is 6.54. The number of fused-ring (bicyclic) bond motifs is 2. The molecular weight excluding hydrogens is 372 g/mol. The molecule has 1 unspecified atom stereocenters. The first-order valence-electron chi connectivity index (χ1n) is 8.64. The summed E-state index contributed by atoms with van der Waals surface area (Å²) < 4.78 is 33.8. The predicted molar refractivity (Wildman–Crippen MR) is 104 cm³/mol. The molecule has 1 aliphatic heterocycles. The summed E-state index contributed by atoms with van der Waals surface area (Å²) in [6.45, 7) is 5.37. The highest BCUT2D eigenvalue weighted by Crippen LogP contribution is 2.38. The van der Waals surface area contributed by atoms with E-state index in [4.69, 9.17) is 16.3 Å². The molecule has 0 aromatic heterocycles. The predicted octanol–water partition coefficient (Wildman–Crippen LogP) is 3.95. The average molecular weight is 395 g/mol. The zero-order chi connectivity index (χ0) is 18.7. The molecule has 0 saturated carbocycles. The summed E-state index contributed by atoms with van der Waals surface area (Å²) in [5.74, 6) is 0. The van der Waals surface area contributed by atoms with Crippen molar-refractivity contribution in [2.24, 2.45) is 0 Å². The lowest BCUT2D eigenvalue weighted by Crippen LogP contribution is -2.25. The highest BCUT2D eigenvalue weighted by atomic mass is 35.5. The second kappa shape index (κ2) is 7.96. The van der Waals surface area contributed by atoms with Gasteiger partial charge in [-0.1, -0.05) is 35.9 Å². The molecule has 2 aromatic carbocycles. The van der Waals surface area contributed by atoms with Gasteiger partial charge < -0.3 is 10.1 Å². The van der Waals surface area contributed by atoms with Crippen molar-refractivity contribution in [1.29, 1.82) is 0 Å². The minimum Gasteiger partial charge on any atom is -0.379 e. The molecule has 0 bridgehead atoms. The fourth-order valence-corrected chi connectivity index (χ4v) is 4.65. The third-order valence-electron chi connectivity index (χ3n) is 4.21. The van der Waals surface area contributed by atoms with Crippen molar-refractivity contribution >= 4 is 27.3 Å². The van der Waals surface area contributed by atoms with Gasteiger partial charge in [0.25, 0.3) is 10.0 Å². The Bertz CT molecular complexity index is 884. The first-order chi connectivity index (χ1) is 12.4. The van der Waals surface area contributed by atoms with Crippen LogP contribution in [0, 0.1) is 0 Å². The maximum absolute atomic E-state index is 12.8. The third kappa shape index (κ3) is 4.20. The van der Waals surface area contributed by atoms with Gasteiger partial charge in [-0.15, -0.1) is 0 Å². The Balaban J connectivity index is 1.94. The lowest BCUT2D eigenvalue weighted by atomic mass is 9.97. The molecule has 2 N–H and O–H groups in total. The van der Waals surface area contributed by atoms with Crippen molar-refractivity contribution in [2.45, 2.75) is 37.3 Å². The fourth-order valence-electron chi connectivity index (χ4n) is 3.05. The molecule has 1 heterocycles. The maximum Gasteiger partial charge on any atom is 0.262 e. The molecule has 0 saturated heterocycles. The maximum atomic E-state index is 12.8. The van der Waals surface area contributed by atoms with Crippen molar-refractivity contribution in [3.8, 4) is 0 Å². The van der Waals surface area contributed by atoms with Gasteiger partial charge in [0, 0.05) is 11.6 Å². The number of nitrogens with one attached hydrogen (secondary N) is 2. The molecular formula is C19H23ClN2O3S. The largest absolute Gasteiger partial charge is 0.379 e. The molecule has 0 aliphatic carbocycles. The molecule has 1 atom stereocenters. The highest BCUT2D eigenvalue weighted by molar-refractivity contribution is 7.92. The smallest absolute Gasteiger partial charge is 0.262 e. The van der Waals surface area contributed by atoms with Crippen LogP contribution in [0.2, 0.25) is 5.02 Å². The van der Waals surface area contributed by atoms with E-state index in [9.17, 15) is 8.42 Å². The van der Waals surface area contributed by atoms with Gasteiger partial charge in [-0.2, -0.15) is 0 Å². The van der Waals surface area contributed by atoms with Gasteiger partial charge in [0.2, 0.25) is 0 Å². The monoisotopic (exact) mass is 394 g/mol. The summed E-state index contributed by atoms with van der Waals surface area (Å²) in [4.78, 5) is 0.206. The van der Waals surface area contributed by atoms with Gasteiger partial charge >= 0.3 is 0 Å². The summed E-state index contributed by atoms with van der Waals surface area (Å²) in [7, 11) is -3.69. The summed E-state index contributed by atoms with van der Waals surface area (Å²) in [6, 6.07) is 12.2. The van der Waals surface area contributed by atoms with E-state index in [1.54, 1.807) is 18.2 Å². The Morgan fingerprint density at radius 1 is 1.19 bits per heavy atom. The number of rotatable bonds is 6. The van der Waals surface area contributed by atoms with Crippen molar-refractivity contribution < 1.29 is 13.2 Å². The Morgan fingerprint density at radius 2 is 1.96 bits per heavy atom. The van der Waals surface area contributed by atoms with Gasteiger partial charge in [-0.05, 0) is 56.1 Å². The van der Waals surface area contributed by atoms with Crippen LogP contribution >= 0.6 is 11.6 Å². The standard InChI is InChI=1S/C19H23ClN2O3S/c1-13(2)25-11-5-10-21-19-15-6-3-4-7-17(15)22-26(23,24)18-12-14(20)8-9-16(18)19/h3-4,6-9,12-13,19,21-22H,5,10-11H2,1-2H3. The van der Waals surface area contributed by atoms with E-state index in [2.05, 4.69) is 10.0 Å². The third-order valence-corrected chi connectivity index (χ3v) is 5.87. The number of anilines is 1. The zero-order valence-corrected chi connectivity index (χ0v) is 16.4. The molecule has 0 fully saturated rings. The molecule has 0 radical (unpaired) electrons. The van der Waals surface area contributed by atoms with E-state index in [0.29, 0.717) is 29.4 Å². The Morgan fingerprint density at radius 3 is 2.73 bits per heavy atom. The summed E-state index contributed by atoms with van der Waals surface area (Å²) in [5, 5.41) is 3.87. The SMILES string of the molecule is CC(C)OCCCNC1c2ccccc2NS(=O)(=O)c2cc(Cl)ccc21. The normalized spacial score (nSPS) is 17.9. The van der Waals surface area contributed by atoms with Crippen LogP contribution in [0.15, 0.2) is 47.4 Å². The van der Waals surface area contributed by atoms with Gasteiger partial charge in [0.05, 0.1) is 22.7 Å². The Kier molecular flexibility index (Phi) is 5.87. The summed E-state index contributed by atoms with van der Waals surface area (Å²) >= 11 is 6.06. The molecule has 5 nitrogen and oxygen atoms in total. The second-order valence-corrected chi connectivity index (χ2v) is 8.62. The fraction of sp³-hybridized carbons (Fsp3) is 0.368. The van der Waals surface area contributed by atoms with E-state index in [1.165, 1.54) is 6.07 Å². The first-order valence-corrected chi connectivity index (χ1v) is 10.5.